The van der Waals surface area contributed by atoms with Crippen LogP contribution in [0.3, 0.4) is 0 Å². The van der Waals surface area contributed by atoms with Crippen molar-refractivity contribution in [3.05, 3.63) is 62.8 Å². The lowest BCUT2D eigenvalue weighted by Crippen LogP contribution is -2.42. The fraction of sp³-hybridized carbons (Fsp3) is 0.533. The first-order chi connectivity index (χ1) is 18.9. The number of aromatic hydroxyl groups is 1. The summed E-state index contributed by atoms with van der Waals surface area (Å²) in [6.45, 7) is 1.73. The maximum Gasteiger partial charge on any atom is 0.305 e. The monoisotopic (exact) mass is 559 g/mol. The van der Waals surface area contributed by atoms with Crippen LogP contribution < -0.4 is 10.2 Å². The van der Waals surface area contributed by atoms with Crippen molar-refractivity contribution in [3.8, 4) is 5.75 Å². The molecule has 0 spiro atoms. The molecule has 0 unspecified atom stereocenters. The number of unbranched alkanes of at least 4 members (excludes halogenated alkanes) is 2. The number of H-pyrrole nitrogens is 1. The number of thiazole rings is 1. The maximum absolute atomic E-state index is 13.9. The third kappa shape index (κ3) is 8.11. The fourth-order valence-electron chi connectivity index (χ4n) is 5.55. The number of rotatable bonds is 13. The Morgan fingerprint density at radius 1 is 1.00 bits per heavy atom. The van der Waals surface area contributed by atoms with E-state index in [1.807, 2.05) is 6.07 Å². The van der Waals surface area contributed by atoms with Crippen LogP contribution in [0.25, 0.3) is 10.2 Å². The van der Waals surface area contributed by atoms with Crippen molar-refractivity contribution in [1.29, 1.82) is 0 Å². The largest absolute Gasteiger partial charge is 0.506 e. The van der Waals surface area contributed by atoms with E-state index in [1.165, 1.54) is 18.9 Å². The van der Waals surface area contributed by atoms with Gasteiger partial charge in [0.2, 0.25) is 5.91 Å². The summed E-state index contributed by atoms with van der Waals surface area (Å²) in [6.07, 6.45) is 11.3. The van der Waals surface area contributed by atoms with Gasteiger partial charge >= 0.3 is 4.87 Å². The Hall–Kier alpha value is -2.78. The minimum Gasteiger partial charge on any atom is -0.506 e. The summed E-state index contributed by atoms with van der Waals surface area (Å²) in [5.41, 5.74) is 1.92. The van der Waals surface area contributed by atoms with Crippen molar-refractivity contribution < 1.29 is 18.7 Å². The van der Waals surface area contributed by atoms with Crippen molar-refractivity contribution in [2.75, 3.05) is 19.6 Å². The molecule has 0 bridgehead atoms. The van der Waals surface area contributed by atoms with Crippen LogP contribution in [0, 0.1) is 11.6 Å². The summed E-state index contributed by atoms with van der Waals surface area (Å²) in [7, 11) is 0. The van der Waals surface area contributed by atoms with E-state index in [2.05, 4.69) is 15.2 Å². The molecule has 39 heavy (non-hydrogen) atoms. The lowest BCUT2D eigenvalue weighted by molar-refractivity contribution is -0.133. The number of hydrogen-bond donors (Lipinski definition) is 3. The number of aromatic amines is 1. The molecule has 4 rings (SSSR count). The first-order valence-electron chi connectivity index (χ1n) is 14.2. The van der Waals surface area contributed by atoms with Crippen molar-refractivity contribution >= 4 is 27.5 Å². The normalized spacial score (nSPS) is 14.5. The predicted molar refractivity (Wildman–Crippen MR) is 152 cm³/mol. The lowest BCUT2D eigenvalue weighted by atomic mass is 10.0. The molecule has 1 aliphatic rings. The number of aryl methyl sites for hydroxylation is 1. The highest BCUT2D eigenvalue weighted by Gasteiger charge is 2.24. The molecule has 3 aromatic rings. The van der Waals surface area contributed by atoms with Gasteiger partial charge in [-0.05, 0) is 68.3 Å². The third-order valence-electron chi connectivity index (χ3n) is 7.69. The zero-order chi connectivity index (χ0) is 27.6. The van der Waals surface area contributed by atoms with Crippen LogP contribution in [-0.4, -0.2) is 46.6 Å². The number of halogens is 2. The number of carbonyl (C=O) groups excluding carboxylic acids is 1. The number of nitrogens with zero attached hydrogens (tertiary/aromatic N) is 1. The van der Waals surface area contributed by atoms with Crippen LogP contribution in [0.15, 0.2) is 35.1 Å². The van der Waals surface area contributed by atoms with Gasteiger partial charge in [-0.25, -0.2) is 8.78 Å². The molecule has 212 valence electrons. The van der Waals surface area contributed by atoms with Gasteiger partial charge in [0.1, 0.15) is 11.3 Å². The SMILES string of the molecule is O=C(CCNCCc1cccc(F)c1F)N(CCCCCc1ccc(O)c2[nH]c(=O)sc12)C1CCCCCC1. The second-order valence-electron chi connectivity index (χ2n) is 10.5. The van der Waals surface area contributed by atoms with Crippen LogP contribution in [-0.2, 0) is 17.6 Å². The van der Waals surface area contributed by atoms with Gasteiger partial charge in [-0.3, -0.25) is 9.59 Å². The Kier molecular flexibility index (Phi) is 10.9. The molecule has 1 heterocycles. The molecule has 1 saturated carbocycles. The first-order valence-corrected chi connectivity index (χ1v) is 15.0. The van der Waals surface area contributed by atoms with Crippen LogP contribution in [0.2, 0.25) is 0 Å². The number of benzene rings is 2. The van der Waals surface area contributed by atoms with Gasteiger partial charge in [0.15, 0.2) is 11.6 Å². The van der Waals surface area contributed by atoms with Gasteiger partial charge in [-0.15, -0.1) is 0 Å². The highest BCUT2D eigenvalue weighted by Crippen LogP contribution is 2.29. The second-order valence-corrected chi connectivity index (χ2v) is 11.5. The molecule has 0 radical (unpaired) electrons. The number of nitrogens with one attached hydrogen (secondary N) is 2. The molecule has 1 fully saturated rings. The lowest BCUT2D eigenvalue weighted by Gasteiger charge is -2.31. The van der Waals surface area contributed by atoms with E-state index in [0.717, 1.165) is 85.6 Å². The summed E-state index contributed by atoms with van der Waals surface area (Å²) in [5.74, 6) is -1.38. The highest BCUT2D eigenvalue weighted by molar-refractivity contribution is 7.16. The van der Waals surface area contributed by atoms with Gasteiger partial charge in [0.25, 0.3) is 0 Å². The van der Waals surface area contributed by atoms with Crippen molar-refractivity contribution in [3.63, 3.8) is 0 Å². The van der Waals surface area contributed by atoms with Crippen LogP contribution in [0.1, 0.15) is 75.3 Å². The fourth-order valence-corrected chi connectivity index (χ4v) is 6.45. The Balaban J connectivity index is 1.24. The van der Waals surface area contributed by atoms with E-state index in [1.54, 1.807) is 12.1 Å². The van der Waals surface area contributed by atoms with E-state index in [-0.39, 0.29) is 22.6 Å². The van der Waals surface area contributed by atoms with Crippen LogP contribution in [0.4, 0.5) is 8.78 Å². The zero-order valence-electron chi connectivity index (χ0n) is 22.4. The van der Waals surface area contributed by atoms with Crippen molar-refractivity contribution in [1.82, 2.24) is 15.2 Å². The Labute approximate surface area is 232 Å². The Bertz CT molecular complexity index is 1280. The average molecular weight is 560 g/mol. The molecule has 1 aromatic heterocycles. The molecular weight excluding hydrogens is 520 g/mol. The quantitative estimate of drug-likeness (QED) is 0.176. The summed E-state index contributed by atoms with van der Waals surface area (Å²) >= 11 is 1.13. The van der Waals surface area contributed by atoms with E-state index in [0.29, 0.717) is 37.0 Å². The van der Waals surface area contributed by atoms with E-state index in [4.69, 9.17) is 0 Å². The summed E-state index contributed by atoms with van der Waals surface area (Å²) < 4.78 is 28.1. The van der Waals surface area contributed by atoms with Crippen LogP contribution in [0.5, 0.6) is 5.75 Å². The molecule has 1 aliphatic carbocycles. The maximum atomic E-state index is 13.9. The topological polar surface area (TPSA) is 85.4 Å². The number of carbonyl (C=O) groups is 1. The van der Waals surface area contributed by atoms with Gasteiger partial charge < -0.3 is 20.3 Å². The molecule has 0 atom stereocenters. The summed E-state index contributed by atoms with van der Waals surface area (Å²) in [5, 5.41) is 13.2. The van der Waals surface area contributed by atoms with Crippen LogP contribution >= 0.6 is 11.3 Å². The molecule has 1 amide bonds. The molecule has 0 aliphatic heterocycles. The molecule has 9 heteroatoms. The molecular formula is C30H39F2N3O3S. The van der Waals surface area contributed by atoms with Gasteiger partial charge in [0.05, 0.1) is 4.70 Å². The van der Waals surface area contributed by atoms with E-state index < -0.39 is 11.6 Å². The molecule has 6 nitrogen and oxygen atoms in total. The minimum atomic E-state index is -0.834. The molecule has 0 saturated heterocycles. The number of aromatic nitrogens is 1. The highest BCUT2D eigenvalue weighted by atomic mass is 32.1. The molecule has 2 aromatic carbocycles. The number of fused-ring (bicyclic) bond motifs is 1. The summed E-state index contributed by atoms with van der Waals surface area (Å²) in [6, 6.07) is 8.02. The number of phenolic OH excluding ortho intramolecular Hbond substituents is 1. The van der Waals surface area contributed by atoms with Crippen molar-refractivity contribution in [2.45, 2.75) is 83.1 Å². The third-order valence-corrected chi connectivity index (χ3v) is 8.65. The summed E-state index contributed by atoms with van der Waals surface area (Å²) in [4.78, 5) is 29.7. The van der Waals surface area contributed by atoms with Gasteiger partial charge in [-0.1, -0.05) is 61.6 Å². The van der Waals surface area contributed by atoms with Gasteiger partial charge in [0, 0.05) is 25.6 Å². The standard InChI is InChI=1S/C30H39F2N3O3S/c31-24-13-8-10-21(27(24)32)16-18-33-19-17-26(37)35(23-11-5-1-2-6-12-23)20-7-3-4-9-22-14-15-25(36)28-29(22)39-30(38)34-28/h8,10,13-15,23,33,36H,1-7,9,11-12,16-20H2,(H,34,38). The smallest absolute Gasteiger partial charge is 0.305 e. The average Bonchev–Trinajstić information content (AvgIpc) is 3.13. The predicted octanol–water partition coefficient (Wildman–Crippen LogP) is 6.06. The number of amides is 1. The Morgan fingerprint density at radius 3 is 2.59 bits per heavy atom. The first kappa shape index (κ1) is 29.2. The van der Waals surface area contributed by atoms with Crippen molar-refractivity contribution in [2.24, 2.45) is 0 Å². The number of phenols is 1. The minimum absolute atomic E-state index is 0.0975. The zero-order valence-corrected chi connectivity index (χ0v) is 23.3. The Morgan fingerprint density at radius 2 is 1.79 bits per heavy atom. The number of hydrogen-bond acceptors (Lipinski definition) is 5. The van der Waals surface area contributed by atoms with E-state index >= 15 is 0 Å². The molecule has 3 N–H and O–H groups in total. The van der Waals surface area contributed by atoms with E-state index in [9.17, 15) is 23.5 Å². The second kappa shape index (κ2) is 14.6. The van der Waals surface area contributed by atoms with Gasteiger partial charge in [-0.2, -0.15) is 0 Å².